The van der Waals surface area contributed by atoms with Crippen LogP contribution in [-0.2, 0) is 9.47 Å². The van der Waals surface area contributed by atoms with Crippen LogP contribution in [0.2, 0.25) is 0 Å². The minimum absolute atomic E-state index is 0.902. The van der Waals surface area contributed by atoms with Crippen molar-refractivity contribution in [2.45, 2.75) is 12.2 Å². The molecule has 0 radical (unpaired) electrons. The molecule has 1 aliphatic heterocycles. The van der Waals surface area contributed by atoms with Gasteiger partial charge in [-0.2, -0.15) is 0 Å². The molecule has 0 bridgehead atoms. The Kier molecular flexibility index (Phi) is 2.03. The summed E-state index contributed by atoms with van der Waals surface area (Å²) in [6, 6.07) is 0. The van der Waals surface area contributed by atoms with Crippen LogP contribution >= 0.6 is 0 Å². The van der Waals surface area contributed by atoms with E-state index in [2.05, 4.69) is 9.47 Å². The maximum atomic E-state index is 11.8. The van der Waals surface area contributed by atoms with Gasteiger partial charge in [0.15, 0.2) is 12.2 Å². The highest BCUT2D eigenvalue weighted by Crippen LogP contribution is 2.15. The molecule has 2 atom stereocenters. The summed E-state index contributed by atoms with van der Waals surface area (Å²) in [5.74, 6) is 0. The average molecular weight is 152 g/mol. The van der Waals surface area contributed by atoms with Crippen LogP contribution in [0.4, 0.5) is 13.6 Å². The van der Waals surface area contributed by atoms with Gasteiger partial charge in [-0.1, -0.05) is 0 Å². The van der Waals surface area contributed by atoms with Crippen molar-refractivity contribution in [1.29, 1.82) is 0 Å². The number of cyclic esters (lactones) is 2. The lowest BCUT2D eigenvalue weighted by Gasteiger charge is -2.05. The fourth-order valence-corrected chi connectivity index (χ4v) is 0.688. The summed E-state index contributed by atoms with van der Waals surface area (Å²) in [6.07, 6.45) is -3.11. The molecule has 1 heterocycles. The standard InChI is InChI=1S/C5H6F2O3/c6-1-3-4(2-7)10-5(8)9-3/h3-4H,1-2H2. The van der Waals surface area contributed by atoms with Crippen LogP contribution in [0.5, 0.6) is 0 Å². The number of halogens is 2. The first-order valence-corrected chi connectivity index (χ1v) is 2.77. The first-order chi connectivity index (χ1) is 4.77. The van der Waals surface area contributed by atoms with Crippen LogP contribution in [0.25, 0.3) is 0 Å². The van der Waals surface area contributed by atoms with E-state index < -0.39 is 31.7 Å². The van der Waals surface area contributed by atoms with Crippen molar-refractivity contribution >= 4 is 6.16 Å². The number of alkyl halides is 2. The lowest BCUT2D eigenvalue weighted by Crippen LogP contribution is -2.26. The molecule has 1 saturated heterocycles. The van der Waals surface area contributed by atoms with Crippen molar-refractivity contribution in [2.75, 3.05) is 13.3 Å². The van der Waals surface area contributed by atoms with Crippen molar-refractivity contribution in [3.63, 3.8) is 0 Å². The molecule has 1 rings (SSSR count). The Labute approximate surface area is 55.9 Å². The Balaban J connectivity index is 2.48. The summed E-state index contributed by atoms with van der Waals surface area (Å²) in [6.45, 7) is -1.80. The number of rotatable bonds is 2. The molecule has 1 fully saturated rings. The number of hydrogen-bond acceptors (Lipinski definition) is 3. The van der Waals surface area contributed by atoms with Gasteiger partial charge in [0.2, 0.25) is 0 Å². The monoisotopic (exact) mass is 152 g/mol. The van der Waals surface area contributed by atoms with E-state index in [9.17, 15) is 13.6 Å². The highest BCUT2D eigenvalue weighted by atomic mass is 19.1. The fraction of sp³-hybridized carbons (Fsp3) is 0.800. The number of hydrogen-bond donors (Lipinski definition) is 0. The Bertz CT molecular complexity index is 125. The van der Waals surface area contributed by atoms with Gasteiger partial charge in [0.05, 0.1) is 0 Å². The van der Waals surface area contributed by atoms with E-state index >= 15 is 0 Å². The second-order valence-electron chi connectivity index (χ2n) is 1.87. The first-order valence-electron chi connectivity index (χ1n) is 2.77. The maximum absolute atomic E-state index is 11.8. The van der Waals surface area contributed by atoms with Gasteiger partial charge in [-0.25, -0.2) is 13.6 Å². The van der Waals surface area contributed by atoms with Crippen LogP contribution in [0.15, 0.2) is 0 Å². The van der Waals surface area contributed by atoms with E-state index in [-0.39, 0.29) is 0 Å². The highest BCUT2D eigenvalue weighted by Gasteiger charge is 2.36. The highest BCUT2D eigenvalue weighted by molar-refractivity contribution is 5.62. The van der Waals surface area contributed by atoms with Crippen molar-refractivity contribution in [1.82, 2.24) is 0 Å². The zero-order valence-corrected chi connectivity index (χ0v) is 5.05. The van der Waals surface area contributed by atoms with Crippen molar-refractivity contribution in [2.24, 2.45) is 0 Å². The van der Waals surface area contributed by atoms with E-state index in [0.717, 1.165) is 0 Å². The molecule has 0 amide bonds. The molecule has 2 unspecified atom stereocenters. The molecule has 1 aliphatic rings. The normalized spacial score (nSPS) is 31.6. The number of ether oxygens (including phenoxy) is 2. The third-order valence-corrected chi connectivity index (χ3v) is 1.21. The van der Waals surface area contributed by atoms with Gasteiger partial charge in [0.1, 0.15) is 13.3 Å². The Morgan fingerprint density at radius 3 is 1.90 bits per heavy atom. The molecule has 0 aromatic carbocycles. The van der Waals surface area contributed by atoms with Crippen LogP contribution in [0.1, 0.15) is 0 Å². The fourth-order valence-electron chi connectivity index (χ4n) is 0.688. The SMILES string of the molecule is O=C1OC(CF)C(CF)O1. The lowest BCUT2D eigenvalue weighted by molar-refractivity contribution is 0.106. The van der Waals surface area contributed by atoms with Gasteiger partial charge in [0, 0.05) is 0 Å². The summed E-state index contributed by atoms with van der Waals surface area (Å²) < 4.78 is 32.0. The minimum atomic E-state index is -1.06. The van der Waals surface area contributed by atoms with E-state index in [4.69, 9.17) is 0 Å². The third-order valence-electron chi connectivity index (χ3n) is 1.21. The first kappa shape index (κ1) is 7.24. The van der Waals surface area contributed by atoms with Gasteiger partial charge in [-0.05, 0) is 0 Å². The Hall–Kier alpha value is -0.870. The van der Waals surface area contributed by atoms with Crippen LogP contribution in [-0.4, -0.2) is 31.7 Å². The summed E-state index contributed by atoms with van der Waals surface area (Å²) in [4.78, 5) is 10.2. The lowest BCUT2D eigenvalue weighted by atomic mass is 10.2. The van der Waals surface area contributed by atoms with Gasteiger partial charge < -0.3 is 9.47 Å². The molecule has 10 heavy (non-hydrogen) atoms. The van der Waals surface area contributed by atoms with E-state index in [1.54, 1.807) is 0 Å². The topological polar surface area (TPSA) is 35.5 Å². The van der Waals surface area contributed by atoms with Crippen LogP contribution in [0.3, 0.4) is 0 Å². The molecular formula is C5H6F2O3. The predicted molar refractivity (Wildman–Crippen MR) is 27.1 cm³/mol. The second kappa shape index (κ2) is 2.81. The summed E-state index contributed by atoms with van der Waals surface area (Å²) in [7, 11) is 0. The Morgan fingerprint density at radius 2 is 1.60 bits per heavy atom. The zero-order valence-electron chi connectivity index (χ0n) is 5.05. The van der Waals surface area contributed by atoms with Crippen molar-refractivity contribution in [3.8, 4) is 0 Å². The molecule has 3 nitrogen and oxygen atoms in total. The summed E-state index contributed by atoms with van der Waals surface area (Å²) in [5, 5.41) is 0. The Morgan fingerprint density at radius 1 is 1.20 bits per heavy atom. The minimum Gasteiger partial charge on any atom is -0.424 e. The molecule has 0 aromatic rings. The van der Waals surface area contributed by atoms with E-state index in [0.29, 0.717) is 0 Å². The van der Waals surface area contributed by atoms with Crippen LogP contribution in [0, 0.1) is 0 Å². The van der Waals surface area contributed by atoms with Gasteiger partial charge >= 0.3 is 6.16 Å². The molecule has 0 saturated carbocycles. The zero-order chi connectivity index (χ0) is 7.56. The molecular weight excluding hydrogens is 146 g/mol. The molecule has 5 heteroatoms. The molecule has 0 spiro atoms. The van der Waals surface area contributed by atoms with Crippen molar-refractivity contribution < 1.29 is 23.0 Å². The second-order valence-corrected chi connectivity index (χ2v) is 1.87. The van der Waals surface area contributed by atoms with E-state index in [1.165, 1.54) is 0 Å². The van der Waals surface area contributed by atoms with Gasteiger partial charge in [0.25, 0.3) is 0 Å². The molecule has 58 valence electrons. The van der Waals surface area contributed by atoms with Gasteiger partial charge in [-0.15, -0.1) is 0 Å². The third kappa shape index (κ3) is 1.17. The quantitative estimate of drug-likeness (QED) is 0.550. The number of carbonyl (C=O) groups excluding carboxylic acids is 1. The van der Waals surface area contributed by atoms with Gasteiger partial charge in [-0.3, -0.25) is 0 Å². The number of carbonyl (C=O) groups is 1. The molecule has 0 aromatic heterocycles. The summed E-state index contributed by atoms with van der Waals surface area (Å²) >= 11 is 0. The maximum Gasteiger partial charge on any atom is 0.509 e. The molecule has 0 aliphatic carbocycles. The average Bonchev–Trinajstić information content (AvgIpc) is 2.30. The molecule has 0 N–H and O–H groups in total. The predicted octanol–water partition coefficient (Wildman–Crippen LogP) is 0.829. The van der Waals surface area contributed by atoms with Crippen LogP contribution < -0.4 is 0 Å². The van der Waals surface area contributed by atoms with E-state index in [1.807, 2.05) is 0 Å². The summed E-state index contributed by atoms with van der Waals surface area (Å²) in [5.41, 5.74) is 0. The largest absolute Gasteiger partial charge is 0.509 e. The smallest absolute Gasteiger partial charge is 0.424 e. The van der Waals surface area contributed by atoms with Crippen molar-refractivity contribution in [3.05, 3.63) is 0 Å².